The molecule has 0 bridgehead atoms. The van der Waals surface area contributed by atoms with Gasteiger partial charge in [0.1, 0.15) is 11.9 Å². The Kier molecular flexibility index (Phi) is 4.36. The summed E-state index contributed by atoms with van der Waals surface area (Å²) in [4.78, 5) is 16.1. The van der Waals surface area contributed by atoms with E-state index >= 15 is 0 Å². The second-order valence-corrected chi connectivity index (χ2v) is 5.24. The van der Waals surface area contributed by atoms with E-state index in [-0.39, 0.29) is 18.0 Å². The van der Waals surface area contributed by atoms with Crippen LogP contribution in [-0.4, -0.2) is 61.8 Å². The lowest BCUT2D eigenvalue weighted by molar-refractivity contribution is -0.0265. The van der Waals surface area contributed by atoms with E-state index in [9.17, 15) is 9.18 Å². The Hall–Kier alpha value is -1.66. The normalized spacial score (nSPS) is 23.2. The third kappa shape index (κ3) is 3.33. The third-order valence-electron chi connectivity index (χ3n) is 3.86. The molecule has 1 atom stereocenters. The summed E-state index contributed by atoms with van der Waals surface area (Å²) in [5, 5.41) is 0. The average molecular weight is 294 g/mol. The Morgan fingerprint density at radius 3 is 2.43 bits per heavy atom. The van der Waals surface area contributed by atoms with Crippen molar-refractivity contribution in [3.05, 3.63) is 35.6 Å². The van der Waals surface area contributed by atoms with Crippen molar-refractivity contribution in [3.63, 3.8) is 0 Å². The minimum atomic E-state index is -0.268. The first-order chi connectivity index (χ1) is 10.2. The molecule has 0 spiro atoms. The Labute approximate surface area is 123 Å². The topological polar surface area (TPSA) is 42.0 Å². The summed E-state index contributed by atoms with van der Waals surface area (Å²) in [7, 11) is 0. The molecular formula is C15H19FN2O3. The van der Waals surface area contributed by atoms with Gasteiger partial charge in [0.15, 0.2) is 0 Å². The number of carbonyl (C=O) groups excluding carboxylic acids is 1. The molecule has 0 aliphatic carbocycles. The molecule has 2 aliphatic rings. The number of halogens is 1. The predicted molar refractivity (Wildman–Crippen MR) is 74.5 cm³/mol. The maximum atomic E-state index is 13.0. The number of hydrogen-bond acceptors (Lipinski definition) is 3. The molecule has 0 N–H and O–H groups in total. The number of rotatable bonds is 1. The predicted octanol–water partition coefficient (Wildman–Crippen LogP) is 1.65. The Morgan fingerprint density at radius 1 is 1.05 bits per heavy atom. The number of hydrogen-bond donors (Lipinski definition) is 0. The van der Waals surface area contributed by atoms with Crippen molar-refractivity contribution in [1.29, 1.82) is 0 Å². The first-order valence-electron chi connectivity index (χ1n) is 7.23. The van der Waals surface area contributed by atoms with E-state index in [2.05, 4.69) is 0 Å². The third-order valence-corrected chi connectivity index (χ3v) is 3.86. The number of morpholine rings is 2. The fraction of sp³-hybridized carbons (Fsp3) is 0.533. The molecule has 0 saturated carbocycles. The molecule has 0 radical (unpaired) electrons. The van der Waals surface area contributed by atoms with Crippen molar-refractivity contribution in [3.8, 4) is 0 Å². The first-order valence-corrected chi connectivity index (χ1v) is 7.23. The maximum absolute atomic E-state index is 13.0. The lowest BCUT2D eigenvalue weighted by atomic mass is 10.1. The van der Waals surface area contributed by atoms with Crippen molar-refractivity contribution < 1.29 is 18.7 Å². The SMILES string of the molecule is O=C(N1CCOCC1)N1CCOC(c2ccc(F)cc2)C1. The molecule has 0 aromatic heterocycles. The van der Waals surface area contributed by atoms with E-state index < -0.39 is 0 Å². The molecule has 3 rings (SSSR count). The molecule has 2 saturated heterocycles. The second kappa shape index (κ2) is 6.41. The van der Waals surface area contributed by atoms with Gasteiger partial charge in [0.05, 0.1) is 26.4 Å². The summed E-state index contributed by atoms with van der Waals surface area (Å²) in [6, 6.07) is 6.29. The highest BCUT2D eigenvalue weighted by Crippen LogP contribution is 2.23. The summed E-state index contributed by atoms with van der Waals surface area (Å²) in [6.45, 7) is 4.05. The van der Waals surface area contributed by atoms with Gasteiger partial charge in [-0.2, -0.15) is 0 Å². The molecule has 1 aromatic carbocycles. The Morgan fingerprint density at radius 2 is 1.71 bits per heavy atom. The van der Waals surface area contributed by atoms with Gasteiger partial charge in [-0.05, 0) is 17.7 Å². The summed E-state index contributed by atoms with van der Waals surface area (Å²) in [6.07, 6.45) is -0.190. The van der Waals surface area contributed by atoms with E-state index in [4.69, 9.17) is 9.47 Å². The van der Waals surface area contributed by atoms with Crippen molar-refractivity contribution in [2.45, 2.75) is 6.10 Å². The highest BCUT2D eigenvalue weighted by molar-refractivity contribution is 5.74. The Balaban J connectivity index is 1.64. The van der Waals surface area contributed by atoms with Crippen LogP contribution in [0.1, 0.15) is 11.7 Å². The van der Waals surface area contributed by atoms with Crippen LogP contribution in [0.25, 0.3) is 0 Å². The van der Waals surface area contributed by atoms with E-state index in [1.54, 1.807) is 12.1 Å². The molecule has 5 nitrogen and oxygen atoms in total. The van der Waals surface area contributed by atoms with Crippen LogP contribution in [0.5, 0.6) is 0 Å². The van der Waals surface area contributed by atoms with Gasteiger partial charge in [0.25, 0.3) is 0 Å². The number of ether oxygens (including phenoxy) is 2. The van der Waals surface area contributed by atoms with Gasteiger partial charge in [-0.15, -0.1) is 0 Å². The molecule has 2 heterocycles. The van der Waals surface area contributed by atoms with Crippen molar-refractivity contribution in [2.75, 3.05) is 46.0 Å². The molecule has 6 heteroatoms. The lowest BCUT2D eigenvalue weighted by Gasteiger charge is -2.37. The van der Waals surface area contributed by atoms with Crippen LogP contribution < -0.4 is 0 Å². The first kappa shape index (κ1) is 14.3. The van der Waals surface area contributed by atoms with Gasteiger partial charge in [-0.3, -0.25) is 0 Å². The molecule has 2 fully saturated rings. The molecule has 1 aromatic rings. The lowest BCUT2D eigenvalue weighted by Crippen LogP contribution is -2.51. The van der Waals surface area contributed by atoms with E-state index in [0.29, 0.717) is 46.0 Å². The number of urea groups is 1. The fourth-order valence-electron chi connectivity index (χ4n) is 2.66. The van der Waals surface area contributed by atoms with Crippen LogP contribution >= 0.6 is 0 Å². The van der Waals surface area contributed by atoms with Crippen molar-refractivity contribution in [1.82, 2.24) is 9.80 Å². The largest absolute Gasteiger partial charge is 0.378 e. The smallest absolute Gasteiger partial charge is 0.320 e. The van der Waals surface area contributed by atoms with Gasteiger partial charge >= 0.3 is 6.03 Å². The fourth-order valence-corrected chi connectivity index (χ4v) is 2.66. The molecule has 2 aliphatic heterocycles. The summed E-state index contributed by atoms with van der Waals surface area (Å²) >= 11 is 0. The summed E-state index contributed by atoms with van der Waals surface area (Å²) in [5.74, 6) is -0.268. The van der Waals surface area contributed by atoms with E-state index in [0.717, 1.165) is 5.56 Å². The molecule has 1 unspecified atom stereocenters. The van der Waals surface area contributed by atoms with Crippen LogP contribution in [0.3, 0.4) is 0 Å². The number of carbonyl (C=O) groups is 1. The molecule has 2 amide bonds. The van der Waals surface area contributed by atoms with Crippen LogP contribution in [0, 0.1) is 5.82 Å². The Bertz CT molecular complexity index is 488. The van der Waals surface area contributed by atoms with E-state index in [1.165, 1.54) is 12.1 Å². The van der Waals surface area contributed by atoms with Gasteiger partial charge in [0, 0.05) is 19.6 Å². The second-order valence-electron chi connectivity index (χ2n) is 5.24. The highest BCUT2D eigenvalue weighted by Gasteiger charge is 2.29. The zero-order valence-corrected chi connectivity index (χ0v) is 11.8. The van der Waals surface area contributed by atoms with Crippen LogP contribution in [0.2, 0.25) is 0 Å². The quantitative estimate of drug-likeness (QED) is 0.791. The molecular weight excluding hydrogens is 275 g/mol. The zero-order valence-electron chi connectivity index (χ0n) is 11.8. The minimum Gasteiger partial charge on any atom is -0.378 e. The zero-order chi connectivity index (χ0) is 14.7. The average Bonchev–Trinajstić information content (AvgIpc) is 2.56. The van der Waals surface area contributed by atoms with Gasteiger partial charge < -0.3 is 19.3 Å². The maximum Gasteiger partial charge on any atom is 0.320 e. The molecule has 21 heavy (non-hydrogen) atoms. The highest BCUT2D eigenvalue weighted by atomic mass is 19.1. The van der Waals surface area contributed by atoms with Crippen molar-refractivity contribution in [2.24, 2.45) is 0 Å². The summed E-state index contributed by atoms with van der Waals surface area (Å²) < 4.78 is 24.0. The number of nitrogens with zero attached hydrogens (tertiary/aromatic N) is 2. The monoisotopic (exact) mass is 294 g/mol. The van der Waals surface area contributed by atoms with Crippen LogP contribution in [-0.2, 0) is 9.47 Å². The number of amides is 2. The van der Waals surface area contributed by atoms with Gasteiger partial charge in [0.2, 0.25) is 0 Å². The van der Waals surface area contributed by atoms with Gasteiger partial charge in [-0.25, -0.2) is 9.18 Å². The molecule has 114 valence electrons. The standard InChI is InChI=1S/C15H19FN2O3/c16-13-3-1-12(2-4-13)14-11-18(7-10-21-14)15(19)17-5-8-20-9-6-17/h1-4,14H,5-11H2. The minimum absolute atomic E-state index is 0.0358. The van der Waals surface area contributed by atoms with E-state index in [1.807, 2.05) is 9.80 Å². The summed E-state index contributed by atoms with van der Waals surface area (Å²) in [5.41, 5.74) is 0.899. The van der Waals surface area contributed by atoms with Crippen LogP contribution in [0.15, 0.2) is 24.3 Å². The van der Waals surface area contributed by atoms with Gasteiger partial charge in [-0.1, -0.05) is 12.1 Å². The van der Waals surface area contributed by atoms with Crippen LogP contribution in [0.4, 0.5) is 9.18 Å². The number of benzene rings is 1. The van der Waals surface area contributed by atoms with Crippen molar-refractivity contribution >= 4 is 6.03 Å².